The second-order valence-corrected chi connectivity index (χ2v) is 3.76. The van der Waals surface area contributed by atoms with E-state index < -0.39 is 0 Å². The third-order valence-corrected chi connectivity index (χ3v) is 2.76. The number of anilines is 1. The van der Waals surface area contributed by atoms with Gasteiger partial charge >= 0.3 is 0 Å². The minimum absolute atomic E-state index is 0.0187. The molecule has 17 heavy (non-hydrogen) atoms. The van der Waals surface area contributed by atoms with Crippen molar-refractivity contribution in [1.82, 2.24) is 9.97 Å². The van der Waals surface area contributed by atoms with Crippen molar-refractivity contribution in [2.45, 2.75) is 33.2 Å². The number of nitrogens with two attached hydrogens (primary N) is 1. The molecule has 6 heteroatoms. The molecule has 1 rings (SSSR count). The van der Waals surface area contributed by atoms with Gasteiger partial charge in [0.2, 0.25) is 0 Å². The Labute approximate surface area is 101 Å². The number of hydrogen-bond acceptors (Lipinski definition) is 5. The van der Waals surface area contributed by atoms with E-state index in [4.69, 9.17) is 10.9 Å². The van der Waals surface area contributed by atoms with Gasteiger partial charge < -0.3 is 15.8 Å². The molecule has 6 nitrogen and oxygen atoms in total. The molecule has 1 atom stereocenters. The number of rotatable bonds is 5. The predicted octanol–water partition coefficient (Wildman–Crippen LogP) is 1.20. The molecule has 1 aromatic heterocycles. The van der Waals surface area contributed by atoms with Crippen LogP contribution >= 0.6 is 0 Å². The maximum Gasteiger partial charge on any atom is 0.192 e. The first kappa shape index (κ1) is 13.2. The topological polar surface area (TPSA) is 87.6 Å². The average Bonchev–Trinajstić information content (AvgIpc) is 2.39. The van der Waals surface area contributed by atoms with Gasteiger partial charge in [-0.15, -0.1) is 0 Å². The highest BCUT2D eigenvalue weighted by Gasteiger charge is 2.19. The van der Waals surface area contributed by atoms with Crippen molar-refractivity contribution in [3.05, 3.63) is 18.1 Å². The van der Waals surface area contributed by atoms with Gasteiger partial charge in [-0.3, -0.25) is 0 Å². The SMILES string of the molecule is CCC(C)N(CC)c1nccnc1C(N)=NO. The van der Waals surface area contributed by atoms with Crippen molar-refractivity contribution >= 4 is 11.7 Å². The van der Waals surface area contributed by atoms with Crippen LogP contribution in [0.4, 0.5) is 5.82 Å². The highest BCUT2D eigenvalue weighted by atomic mass is 16.4. The number of amidine groups is 1. The van der Waals surface area contributed by atoms with Crippen molar-refractivity contribution in [3.63, 3.8) is 0 Å². The van der Waals surface area contributed by atoms with Crippen LogP contribution in [0.15, 0.2) is 17.5 Å². The Bertz CT molecular complexity index is 393. The Kier molecular flexibility index (Phi) is 4.68. The minimum atomic E-state index is -0.0187. The summed E-state index contributed by atoms with van der Waals surface area (Å²) in [5.74, 6) is 0.634. The molecule has 0 aromatic carbocycles. The Morgan fingerprint density at radius 3 is 2.65 bits per heavy atom. The van der Waals surface area contributed by atoms with E-state index in [9.17, 15) is 0 Å². The van der Waals surface area contributed by atoms with E-state index in [-0.39, 0.29) is 5.84 Å². The molecule has 0 amide bonds. The molecule has 0 spiro atoms. The standard InChI is InChI=1S/C11H19N5O/c1-4-8(3)16(5-2)11-9(10(12)15-17)13-6-7-14-11/h6-8,17H,4-5H2,1-3H3,(H2,12,15). The largest absolute Gasteiger partial charge is 0.409 e. The van der Waals surface area contributed by atoms with Gasteiger partial charge in [-0.2, -0.15) is 0 Å². The Balaban J connectivity index is 3.19. The van der Waals surface area contributed by atoms with Crippen molar-refractivity contribution in [3.8, 4) is 0 Å². The van der Waals surface area contributed by atoms with Crippen LogP contribution in [0.1, 0.15) is 32.9 Å². The van der Waals surface area contributed by atoms with Gasteiger partial charge in [0.15, 0.2) is 17.3 Å². The van der Waals surface area contributed by atoms with Crippen LogP contribution in [0.5, 0.6) is 0 Å². The van der Waals surface area contributed by atoms with E-state index in [0.717, 1.165) is 13.0 Å². The van der Waals surface area contributed by atoms with Crippen molar-refractivity contribution in [2.24, 2.45) is 10.9 Å². The van der Waals surface area contributed by atoms with Crippen LogP contribution in [0, 0.1) is 0 Å². The average molecular weight is 237 g/mol. The number of nitrogens with zero attached hydrogens (tertiary/aromatic N) is 4. The van der Waals surface area contributed by atoms with E-state index in [1.165, 1.54) is 6.20 Å². The van der Waals surface area contributed by atoms with E-state index in [2.05, 4.69) is 33.9 Å². The zero-order chi connectivity index (χ0) is 12.8. The highest BCUT2D eigenvalue weighted by molar-refractivity contribution is 5.99. The first-order valence-corrected chi connectivity index (χ1v) is 5.71. The Morgan fingerprint density at radius 2 is 2.12 bits per heavy atom. The molecule has 0 aliphatic heterocycles. The van der Waals surface area contributed by atoms with Gasteiger partial charge in [0.1, 0.15) is 0 Å². The molecule has 0 aliphatic carbocycles. The van der Waals surface area contributed by atoms with Crippen LogP contribution in [-0.2, 0) is 0 Å². The molecule has 0 saturated heterocycles. The summed E-state index contributed by atoms with van der Waals surface area (Å²) >= 11 is 0. The summed E-state index contributed by atoms with van der Waals surface area (Å²) in [6.45, 7) is 7.04. The van der Waals surface area contributed by atoms with Crippen LogP contribution in [0.3, 0.4) is 0 Å². The number of oxime groups is 1. The summed E-state index contributed by atoms with van der Waals surface area (Å²) in [4.78, 5) is 10.5. The molecule has 1 unspecified atom stereocenters. The number of hydrogen-bond donors (Lipinski definition) is 2. The van der Waals surface area contributed by atoms with Gasteiger partial charge in [-0.25, -0.2) is 9.97 Å². The Hall–Kier alpha value is -1.85. The van der Waals surface area contributed by atoms with Crippen molar-refractivity contribution in [2.75, 3.05) is 11.4 Å². The first-order valence-electron chi connectivity index (χ1n) is 5.71. The lowest BCUT2D eigenvalue weighted by atomic mass is 10.2. The molecular formula is C11H19N5O. The third-order valence-electron chi connectivity index (χ3n) is 2.76. The quantitative estimate of drug-likeness (QED) is 0.347. The molecular weight excluding hydrogens is 218 g/mol. The molecule has 94 valence electrons. The summed E-state index contributed by atoms with van der Waals surface area (Å²) in [7, 11) is 0. The van der Waals surface area contributed by atoms with Gasteiger partial charge in [0.25, 0.3) is 0 Å². The number of aromatic nitrogens is 2. The predicted molar refractivity (Wildman–Crippen MR) is 67.3 cm³/mol. The molecule has 1 aromatic rings. The van der Waals surface area contributed by atoms with E-state index in [1.54, 1.807) is 6.20 Å². The van der Waals surface area contributed by atoms with E-state index in [0.29, 0.717) is 17.6 Å². The second-order valence-electron chi connectivity index (χ2n) is 3.76. The normalized spacial score (nSPS) is 13.5. The third kappa shape index (κ3) is 2.83. The van der Waals surface area contributed by atoms with Gasteiger partial charge in [-0.05, 0) is 20.3 Å². The zero-order valence-electron chi connectivity index (χ0n) is 10.5. The molecule has 0 aliphatic rings. The summed E-state index contributed by atoms with van der Waals surface area (Å²) in [6.07, 6.45) is 4.12. The molecule has 1 heterocycles. The van der Waals surface area contributed by atoms with Crippen molar-refractivity contribution < 1.29 is 5.21 Å². The van der Waals surface area contributed by atoms with Crippen molar-refractivity contribution in [1.29, 1.82) is 0 Å². The summed E-state index contributed by atoms with van der Waals surface area (Å²) in [6, 6.07) is 0.321. The molecule has 0 fully saturated rings. The molecule has 3 N–H and O–H groups in total. The fourth-order valence-corrected chi connectivity index (χ4v) is 1.66. The zero-order valence-corrected chi connectivity index (χ0v) is 10.5. The Morgan fingerprint density at radius 1 is 1.47 bits per heavy atom. The lowest BCUT2D eigenvalue weighted by Crippen LogP contribution is -2.35. The van der Waals surface area contributed by atoms with Crippen LogP contribution in [0.25, 0.3) is 0 Å². The lowest BCUT2D eigenvalue weighted by Gasteiger charge is -2.29. The smallest absolute Gasteiger partial charge is 0.192 e. The van der Waals surface area contributed by atoms with Crippen LogP contribution < -0.4 is 10.6 Å². The summed E-state index contributed by atoms with van der Waals surface area (Å²) in [5.41, 5.74) is 6.01. The summed E-state index contributed by atoms with van der Waals surface area (Å²) in [5, 5.41) is 11.7. The van der Waals surface area contributed by atoms with Gasteiger partial charge in [0.05, 0.1) is 0 Å². The van der Waals surface area contributed by atoms with Gasteiger partial charge in [-0.1, -0.05) is 12.1 Å². The second kappa shape index (κ2) is 6.03. The monoisotopic (exact) mass is 237 g/mol. The molecule has 0 radical (unpaired) electrons. The van der Waals surface area contributed by atoms with Crippen LogP contribution in [-0.4, -0.2) is 33.6 Å². The van der Waals surface area contributed by atoms with E-state index in [1.807, 2.05) is 6.92 Å². The fourth-order valence-electron chi connectivity index (χ4n) is 1.66. The first-order chi connectivity index (χ1) is 8.15. The highest BCUT2D eigenvalue weighted by Crippen LogP contribution is 2.18. The van der Waals surface area contributed by atoms with Gasteiger partial charge in [0, 0.05) is 25.0 Å². The molecule has 0 bridgehead atoms. The maximum atomic E-state index is 8.74. The summed E-state index contributed by atoms with van der Waals surface area (Å²) < 4.78 is 0. The minimum Gasteiger partial charge on any atom is -0.409 e. The van der Waals surface area contributed by atoms with E-state index >= 15 is 0 Å². The maximum absolute atomic E-state index is 8.74. The fraction of sp³-hybridized carbons (Fsp3) is 0.545. The molecule has 0 saturated carbocycles. The van der Waals surface area contributed by atoms with Crippen LogP contribution in [0.2, 0.25) is 0 Å². The lowest BCUT2D eigenvalue weighted by molar-refractivity contribution is 0.318.